The second-order valence-electron chi connectivity index (χ2n) is 5.59. The van der Waals surface area contributed by atoms with Gasteiger partial charge in [0.15, 0.2) is 0 Å². The zero-order valence-electron chi connectivity index (χ0n) is 11.4. The molecule has 5 nitrogen and oxygen atoms in total. The zero-order valence-corrected chi connectivity index (χ0v) is 11.4. The topological polar surface area (TPSA) is 67.6 Å². The molecule has 1 saturated heterocycles. The number of hydrogen-bond acceptors (Lipinski definition) is 3. The summed E-state index contributed by atoms with van der Waals surface area (Å²) < 4.78 is 5.60. The van der Waals surface area contributed by atoms with Crippen molar-refractivity contribution in [1.82, 2.24) is 10.2 Å². The van der Waals surface area contributed by atoms with Gasteiger partial charge in [-0.3, -0.25) is 0 Å². The minimum Gasteiger partial charge on any atom is -0.370 e. The fourth-order valence-corrected chi connectivity index (χ4v) is 1.68. The highest BCUT2D eigenvalue weighted by molar-refractivity contribution is 5.75. The number of carbonyl (C=O) groups excluding carboxylic acids is 1. The molecule has 0 aromatic rings. The Hall–Kier alpha value is -0.810. The molecule has 100 valence electrons. The molecule has 5 heteroatoms. The van der Waals surface area contributed by atoms with Crippen LogP contribution in [0, 0.1) is 0 Å². The van der Waals surface area contributed by atoms with E-state index in [2.05, 4.69) is 12.2 Å². The highest BCUT2D eigenvalue weighted by Gasteiger charge is 2.34. The van der Waals surface area contributed by atoms with E-state index in [-0.39, 0.29) is 11.6 Å². The Balaban J connectivity index is 2.58. The highest BCUT2D eigenvalue weighted by atomic mass is 16.5. The molecule has 0 aromatic carbocycles. The largest absolute Gasteiger partial charge is 0.370 e. The SMILES string of the molecule is CCC(C)(C)NC(=O)N1CCOC(C)(CN)C1. The predicted octanol–water partition coefficient (Wildman–Crippen LogP) is 0.934. The molecule has 1 atom stereocenters. The summed E-state index contributed by atoms with van der Waals surface area (Å²) in [7, 11) is 0. The average Bonchev–Trinajstić information content (AvgIpc) is 2.28. The molecule has 1 unspecified atom stereocenters. The van der Waals surface area contributed by atoms with E-state index in [0.29, 0.717) is 26.2 Å². The van der Waals surface area contributed by atoms with Crippen molar-refractivity contribution in [2.45, 2.75) is 45.3 Å². The van der Waals surface area contributed by atoms with Gasteiger partial charge in [0.1, 0.15) is 0 Å². The van der Waals surface area contributed by atoms with Crippen molar-refractivity contribution >= 4 is 6.03 Å². The van der Waals surface area contributed by atoms with Gasteiger partial charge >= 0.3 is 6.03 Å². The van der Waals surface area contributed by atoms with Crippen LogP contribution in [0.3, 0.4) is 0 Å². The van der Waals surface area contributed by atoms with Gasteiger partial charge in [0.25, 0.3) is 0 Å². The van der Waals surface area contributed by atoms with Gasteiger partial charge in [-0.15, -0.1) is 0 Å². The van der Waals surface area contributed by atoms with E-state index in [9.17, 15) is 4.79 Å². The number of morpholine rings is 1. The molecule has 1 heterocycles. The lowest BCUT2D eigenvalue weighted by Gasteiger charge is -2.41. The van der Waals surface area contributed by atoms with Crippen LogP contribution in [-0.4, -0.2) is 48.3 Å². The van der Waals surface area contributed by atoms with Crippen molar-refractivity contribution in [2.24, 2.45) is 5.73 Å². The number of rotatable bonds is 3. The number of nitrogens with two attached hydrogens (primary N) is 1. The van der Waals surface area contributed by atoms with E-state index in [4.69, 9.17) is 10.5 Å². The monoisotopic (exact) mass is 243 g/mol. The molecule has 0 spiro atoms. The molecule has 0 aliphatic carbocycles. The summed E-state index contributed by atoms with van der Waals surface area (Å²) in [5.74, 6) is 0. The first kappa shape index (κ1) is 14.3. The first-order valence-electron chi connectivity index (χ1n) is 6.23. The van der Waals surface area contributed by atoms with Gasteiger partial charge in [0, 0.05) is 18.6 Å². The number of hydrogen-bond donors (Lipinski definition) is 2. The van der Waals surface area contributed by atoms with Gasteiger partial charge in [0.05, 0.1) is 18.8 Å². The summed E-state index contributed by atoms with van der Waals surface area (Å²) in [5.41, 5.74) is 5.09. The summed E-state index contributed by atoms with van der Waals surface area (Å²) in [6.07, 6.45) is 0.900. The van der Waals surface area contributed by atoms with Crippen molar-refractivity contribution < 1.29 is 9.53 Å². The van der Waals surface area contributed by atoms with Gasteiger partial charge in [-0.25, -0.2) is 4.79 Å². The number of ether oxygens (including phenoxy) is 1. The van der Waals surface area contributed by atoms with Crippen LogP contribution in [0.1, 0.15) is 34.1 Å². The van der Waals surface area contributed by atoms with Gasteiger partial charge in [-0.2, -0.15) is 0 Å². The van der Waals surface area contributed by atoms with E-state index >= 15 is 0 Å². The van der Waals surface area contributed by atoms with E-state index < -0.39 is 5.60 Å². The summed E-state index contributed by atoms with van der Waals surface area (Å²) in [6, 6.07) is -0.0279. The lowest BCUT2D eigenvalue weighted by Crippen LogP contribution is -2.59. The second-order valence-corrected chi connectivity index (χ2v) is 5.59. The molecule has 0 saturated carbocycles. The lowest BCUT2D eigenvalue weighted by atomic mass is 10.0. The van der Waals surface area contributed by atoms with Crippen molar-refractivity contribution in [3.8, 4) is 0 Å². The Morgan fingerprint density at radius 1 is 1.59 bits per heavy atom. The highest BCUT2D eigenvalue weighted by Crippen LogP contribution is 2.17. The molecule has 1 aliphatic heterocycles. The van der Waals surface area contributed by atoms with Crippen LogP contribution in [0.5, 0.6) is 0 Å². The van der Waals surface area contributed by atoms with Crippen LogP contribution in [-0.2, 0) is 4.74 Å². The molecule has 2 amide bonds. The van der Waals surface area contributed by atoms with Crippen molar-refractivity contribution in [1.29, 1.82) is 0 Å². The van der Waals surface area contributed by atoms with Crippen LogP contribution >= 0.6 is 0 Å². The lowest BCUT2D eigenvalue weighted by molar-refractivity contribution is -0.0796. The van der Waals surface area contributed by atoms with Crippen LogP contribution in [0.15, 0.2) is 0 Å². The Bertz CT molecular complexity index is 281. The Kier molecular flexibility index (Phi) is 4.38. The fraction of sp³-hybridized carbons (Fsp3) is 0.917. The third-order valence-corrected chi connectivity index (χ3v) is 3.39. The first-order valence-corrected chi connectivity index (χ1v) is 6.23. The third-order valence-electron chi connectivity index (χ3n) is 3.39. The maximum Gasteiger partial charge on any atom is 0.317 e. The molecule has 0 radical (unpaired) electrons. The van der Waals surface area contributed by atoms with Crippen LogP contribution in [0.25, 0.3) is 0 Å². The van der Waals surface area contributed by atoms with Gasteiger partial charge < -0.3 is 20.7 Å². The predicted molar refractivity (Wildman–Crippen MR) is 67.9 cm³/mol. The van der Waals surface area contributed by atoms with Crippen LogP contribution in [0.2, 0.25) is 0 Å². The van der Waals surface area contributed by atoms with E-state index in [1.54, 1.807) is 4.90 Å². The molecule has 3 N–H and O–H groups in total. The number of urea groups is 1. The number of carbonyl (C=O) groups is 1. The third kappa shape index (κ3) is 3.85. The first-order chi connectivity index (χ1) is 7.82. The average molecular weight is 243 g/mol. The smallest absolute Gasteiger partial charge is 0.317 e. The molecule has 0 bridgehead atoms. The Morgan fingerprint density at radius 2 is 2.24 bits per heavy atom. The molecule has 0 aromatic heterocycles. The summed E-state index contributed by atoms with van der Waals surface area (Å²) >= 11 is 0. The Labute approximate surface area is 104 Å². The van der Waals surface area contributed by atoms with Crippen LogP contribution < -0.4 is 11.1 Å². The van der Waals surface area contributed by atoms with Crippen molar-refractivity contribution in [3.05, 3.63) is 0 Å². The number of nitrogens with one attached hydrogen (secondary N) is 1. The minimum atomic E-state index is -0.411. The molecular formula is C12H25N3O2. The minimum absolute atomic E-state index is 0.0279. The maximum atomic E-state index is 12.1. The number of amides is 2. The number of nitrogens with zero attached hydrogens (tertiary/aromatic N) is 1. The quantitative estimate of drug-likeness (QED) is 0.775. The summed E-state index contributed by atoms with van der Waals surface area (Å²) in [4.78, 5) is 13.9. The van der Waals surface area contributed by atoms with E-state index in [1.807, 2.05) is 20.8 Å². The summed E-state index contributed by atoms with van der Waals surface area (Å²) in [6.45, 7) is 10.2. The normalized spacial score (nSPS) is 25.8. The van der Waals surface area contributed by atoms with Crippen LogP contribution in [0.4, 0.5) is 4.79 Å². The standard InChI is InChI=1S/C12H25N3O2/c1-5-11(2,3)14-10(16)15-6-7-17-12(4,8-13)9-15/h5-9,13H2,1-4H3,(H,14,16). The second kappa shape index (κ2) is 5.23. The van der Waals surface area contributed by atoms with Gasteiger partial charge in [-0.05, 0) is 27.2 Å². The zero-order chi connectivity index (χ0) is 13.1. The fourth-order valence-electron chi connectivity index (χ4n) is 1.68. The molecular weight excluding hydrogens is 218 g/mol. The molecule has 1 rings (SSSR count). The van der Waals surface area contributed by atoms with Crippen molar-refractivity contribution in [3.63, 3.8) is 0 Å². The Morgan fingerprint density at radius 3 is 2.76 bits per heavy atom. The maximum absolute atomic E-state index is 12.1. The van der Waals surface area contributed by atoms with Gasteiger partial charge in [-0.1, -0.05) is 6.92 Å². The van der Waals surface area contributed by atoms with Gasteiger partial charge in [0.2, 0.25) is 0 Å². The molecule has 17 heavy (non-hydrogen) atoms. The summed E-state index contributed by atoms with van der Waals surface area (Å²) in [5, 5.41) is 3.03. The molecule has 1 fully saturated rings. The van der Waals surface area contributed by atoms with E-state index in [0.717, 1.165) is 6.42 Å². The van der Waals surface area contributed by atoms with Crippen molar-refractivity contribution in [2.75, 3.05) is 26.2 Å². The van der Waals surface area contributed by atoms with E-state index in [1.165, 1.54) is 0 Å². The molecule has 1 aliphatic rings.